The van der Waals surface area contributed by atoms with Gasteiger partial charge in [-0.15, -0.1) is 4.36 Å². The number of benzene rings is 1. The number of nitrogens with zero attached hydrogens (tertiary/aromatic N) is 2. The zero-order valence-corrected chi connectivity index (χ0v) is 18.2. The van der Waals surface area contributed by atoms with Gasteiger partial charge in [-0.25, -0.2) is 4.79 Å². The van der Waals surface area contributed by atoms with Crippen molar-refractivity contribution in [2.75, 3.05) is 14.2 Å². The molecule has 1 N–H and O–H groups in total. The largest absolute Gasteiger partial charge is 0.494 e. The van der Waals surface area contributed by atoms with Gasteiger partial charge in [-0.2, -0.15) is 8.42 Å². The molecule has 3 amide bonds. The molecule has 1 aromatic rings. The van der Waals surface area contributed by atoms with Gasteiger partial charge in [-0.1, -0.05) is 32.8 Å². The van der Waals surface area contributed by atoms with Gasteiger partial charge in [0, 0.05) is 13.1 Å². The summed E-state index contributed by atoms with van der Waals surface area (Å²) in [5.74, 6) is 0.0536. The van der Waals surface area contributed by atoms with Crippen molar-refractivity contribution in [1.82, 2.24) is 10.2 Å². The van der Waals surface area contributed by atoms with Gasteiger partial charge in [0.05, 0.1) is 12.5 Å². The number of imide groups is 1. The number of hydrogen-bond acceptors (Lipinski definition) is 6. The topological polar surface area (TPSA) is 105 Å². The summed E-state index contributed by atoms with van der Waals surface area (Å²) in [5.41, 5.74) is -0.0544. The number of unbranched alkanes of at least 4 members (excludes halogenated alkanes) is 1. The first-order valence-electron chi connectivity index (χ1n) is 9.89. The molecule has 0 saturated heterocycles. The highest BCUT2D eigenvalue weighted by atomic mass is 32.2. The monoisotopic (exact) mass is 423 g/mol. The Labute approximate surface area is 173 Å². The third kappa shape index (κ3) is 4.95. The summed E-state index contributed by atoms with van der Waals surface area (Å²) in [4.78, 5) is 27.5. The van der Waals surface area contributed by atoms with Crippen LogP contribution in [-0.4, -0.2) is 45.5 Å². The fourth-order valence-corrected chi connectivity index (χ4v) is 3.92. The molecule has 1 aromatic carbocycles. The molecule has 1 fully saturated rings. The van der Waals surface area contributed by atoms with E-state index in [9.17, 15) is 18.0 Å². The highest BCUT2D eigenvalue weighted by Crippen LogP contribution is 2.51. The normalized spacial score (nSPS) is 15.2. The van der Waals surface area contributed by atoms with Crippen LogP contribution >= 0.6 is 0 Å². The Morgan fingerprint density at radius 1 is 1.31 bits per heavy atom. The van der Waals surface area contributed by atoms with E-state index in [1.165, 1.54) is 19.1 Å². The van der Waals surface area contributed by atoms with Gasteiger partial charge >= 0.3 is 16.5 Å². The quantitative estimate of drug-likeness (QED) is 0.654. The van der Waals surface area contributed by atoms with Crippen molar-refractivity contribution in [3.63, 3.8) is 0 Å². The lowest BCUT2D eigenvalue weighted by molar-refractivity contribution is -0.133. The van der Waals surface area contributed by atoms with Crippen LogP contribution in [0.3, 0.4) is 0 Å². The van der Waals surface area contributed by atoms with Crippen molar-refractivity contribution in [1.29, 1.82) is 0 Å². The standard InChI is InChI=1S/C20H29N3O5S/c1-5-7-8-15(6-2)23(19(25)21-3)18(24)20(11-12-20)14-9-10-17(28-4)16(13-14)22-29(26)27/h9-10,13,15H,5-8,11-12H2,1-4H3,(H,21,25). The van der Waals surface area contributed by atoms with Crippen LogP contribution in [0.1, 0.15) is 57.9 Å². The number of hydrogen-bond donors (Lipinski definition) is 1. The molecule has 1 saturated carbocycles. The molecule has 1 atom stereocenters. The van der Waals surface area contributed by atoms with Crippen molar-refractivity contribution >= 4 is 28.1 Å². The predicted octanol–water partition coefficient (Wildman–Crippen LogP) is 3.56. The third-order valence-electron chi connectivity index (χ3n) is 5.44. The molecule has 2 rings (SSSR count). The molecule has 0 bridgehead atoms. The summed E-state index contributed by atoms with van der Waals surface area (Å²) in [6.07, 6.45) is 4.51. The summed E-state index contributed by atoms with van der Waals surface area (Å²) < 4.78 is 30.9. The fraction of sp³-hybridized carbons (Fsp3) is 0.600. The van der Waals surface area contributed by atoms with E-state index in [-0.39, 0.29) is 17.6 Å². The third-order valence-corrected chi connectivity index (χ3v) is 5.79. The Morgan fingerprint density at radius 3 is 2.48 bits per heavy atom. The Balaban J connectivity index is 2.46. The Hall–Kier alpha value is -2.42. The van der Waals surface area contributed by atoms with E-state index in [4.69, 9.17) is 4.74 Å². The minimum Gasteiger partial charge on any atom is -0.494 e. The van der Waals surface area contributed by atoms with Crippen LogP contribution in [0, 0.1) is 0 Å². The maximum atomic E-state index is 13.6. The number of carbonyl (C=O) groups is 2. The number of urea groups is 1. The van der Waals surface area contributed by atoms with Crippen LogP contribution in [0.2, 0.25) is 0 Å². The van der Waals surface area contributed by atoms with Crippen LogP contribution in [-0.2, 0) is 20.7 Å². The van der Waals surface area contributed by atoms with E-state index in [2.05, 4.69) is 16.6 Å². The van der Waals surface area contributed by atoms with E-state index in [1.807, 2.05) is 6.92 Å². The van der Waals surface area contributed by atoms with Crippen LogP contribution in [0.15, 0.2) is 22.6 Å². The number of carbonyl (C=O) groups excluding carboxylic acids is 2. The van der Waals surface area contributed by atoms with Crippen LogP contribution in [0.5, 0.6) is 5.75 Å². The van der Waals surface area contributed by atoms with E-state index >= 15 is 0 Å². The summed E-state index contributed by atoms with van der Waals surface area (Å²) in [6.45, 7) is 4.04. The van der Waals surface area contributed by atoms with E-state index in [1.54, 1.807) is 18.2 Å². The van der Waals surface area contributed by atoms with Gasteiger partial charge in [0.15, 0.2) is 0 Å². The Kier molecular flexibility index (Phi) is 7.78. The average molecular weight is 424 g/mol. The molecule has 29 heavy (non-hydrogen) atoms. The Morgan fingerprint density at radius 2 is 2.00 bits per heavy atom. The lowest BCUT2D eigenvalue weighted by Gasteiger charge is -2.32. The molecule has 9 heteroatoms. The molecule has 0 heterocycles. The number of methoxy groups -OCH3 is 1. The maximum absolute atomic E-state index is 13.6. The molecule has 0 aromatic heterocycles. The van der Waals surface area contributed by atoms with Crippen LogP contribution < -0.4 is 10.1 Å². The van der Waals surface area contributed by atoms with E-state index in [0.717, 1.165) is 19.3 Å². The van der Waals surface area contributed by atoms with Gasteiger partial charge in [-0.3, -0.25) is 9.69 Å². The Bertz CT molecular complexity index is 885. The molecule has 160 valence electrons. The van der Waals surface area contributed by atoms with Crippen molar-refractivity contribution in [2.45, 2.75) is 63.8 Å². The SMILES string of the molecule is CCCCC(CC)N(C(=O)NC)C(=O)C1(c2ccc(OC)c(N=S(=O)=O)c2)CC1. The number of ether oxygens (including phenoxy) is 1. The molecule has 0 spiro atoms. The first-order valence-corrected chi connectivity index (χ1v) is 10.9. The van der Waals surface area contributed by atoms with Crippen molar-refractivity contribution in [3.05, 3.63) is 23.8 Å². The second-order valence-electron chi connectivity index (χ2n) is 7.21. The van der Waals surface area contributed by atoms with Gasteiger partial charge in [0.25, 0.3) is 0 Å². The van der Waals surface area contributed by atoms with Gasteiger partial charge < -0.3 is 10.1 Å². The maximum Gasteiger partial charge on any atom is 0.324 e. The van der Waals surface area contributed by atoms with Crippen LogP contribution in [0.25, 0.3) is 0 Å². The van der Waals surface area contributed by atoms with E-state index < -0.39 is 21.9 Å². The lowest BCUT2D eigenvalue weighted by Crippen LogP contribution is -2.52. The lowest BCUT2D eigenvalue weighted by atomic mass is 9.92. The molecule has 1 aliphatic carbocycles. The zero-order chi connectivity index (χ0) is 21.6. The molecule has 1 unspecified atom stereocenters. The minimum atomic E-state index is -2.65. The van der Waals surface area contributed by atoms with Gasteiger partial charge in [0.1, 0.15) is 11.4 Å². The molecule has 0 radical (unpaired) electrons. The second kappa shape index (κ2) is 9.87. The molecular formula is C20H29N3O5S. The highest BCUT2D eigenvalue weighted by molar-refractivity contribution is 7.61. The van der Waals surface area contributed by atoms with Crippen molar-refractivity contribution in [2.24, 2.45) is 4.36 Å². The highest BCUT2D eigenvalue weighted by Gasteiger charge is 2.55. The smallest absolute Gasteiger partial charge is 0.324 e. The van der Waals surface area contributed by atoms with E-state index in [0.29, 0.717) is 30.6 Å². The fourth-order valence-electron chi connectivity index (χ4n) is 3.62. The summed E-state index contributed by atoms with van der Waals surface area (Å²) in [7, 11) is 0.291. The number of nitrogens with one attached hydrogen (secondary N) is 1. The summed E-state index contributed by atoms with van der Waals surface area (Å²) in [6, 6.07) is 4.31. The first-order chi connectivity index (χ1) is 13.8. The molecule has 1 aliphatic rings. The summed E-state index contributed by atoms with van der Waals surface area (Å²) in [5, 5.41) is 2.59. The molecule has 0 aliphatic heterocycles. The van der Waals surface area contributed by atoms with Gasteiger partial charge in [0.2, 0.25) is 5.91 Å². The summed E-state index contributed by atoms with van der Waals surface area (Å²) >= 11 is 0. The first kappa shape index (κ1) is 22.9. The molecule has 8 nitrogen and oxygen atoms in total. The number of rotatable bonds is 9. The predicted molar refractivity (Wildman–Crippen MR) is 110 cm³/mol. The number of amides is 3. The zero-order valence-electron chi connectivity index (χ0n) is 17.4. The van der Waals surface area contributed by atoms with Crippen molar-refractivity contribution in [3.8, 4) is 5.75 Å². The minimum absolute atomic E-state index is 0.141. The molecular weight excluding hydrogens is 394 g/mol. The van der Waals surface area contributed by atoms with Crippen molar-refractivity contribution < 1.29 is 22.7 Å². The average Bonchev–Trinajstić information content (AvgIpc) is 3.51. The van der Waals surface area contributed by atoms with Gasteiger partial charge in [-0.05, 0) is 43.4 Å². The van der Waals surface area contributed by atoms with Crippen LogP contribution in [0.4, 0.5) is 10.5 Å². The second-order valence-corrected chi connectivity index (χ2v) is 7.83.